The van der Waals surface area contributed by atoms with Crippen molar-refractivity contribution < 1.29 is 4.92 Å². The summed E-state index contributed by atoms with van der Waals surface area (Å²) >= 11 is 1.68. The van der Waals surface area contributed by atoms with Crippen LogP contribution in [0.2, 0.25) is 0 Å². The third-order valence-electron chi connectivity index (χ3n) is 3.13. The van der Waals surface area contributed by atoms with Crippen LogP contribution in [0.15, 0.2) is 23.2 Å². The normalized spacial score (nSPS) is 20.4. The van der Waals surface area contributed by atoms with Gasteiger partial charge in [-0.1, -0.05) is 31.7 Å². The van der Waals surface area contributed by atoms with Crippen molar-refractivity contribution in [3.05, 3.63) is 33.9 Å². The van der Waals surface area contributed by atoms with Gasteiger partial charge in [-0.2, -0.15) is 0 Å². The van der Waals surface area contributed by atoms with Crippen molar-refractivity contribution in [1.82, 2.24) is 5.32 Å². The minimum Gasteiger partial charge on any atom is -0.361 e. The van der Waals surface area contributed by atoms with E-state index in [1.807, 2.05) is 6.92 Å². The molecule has 5 nitrogen and oxygen atoms in total. The Morgan fingerprint density at radius 2 is 2.30 bits per heavy atom. The molecule has 1 aliphatic heterocycles. The standard InChI is InChI=1S/C14H19N3O2S/c1-9(2)6-11-8-20-14(15-11)16-13-7-12(17(18)19)5-4-10(13)3/h4-5,7,9,11H,6,8H2,1-3H3,(H,15,16)/t11-/m0/s1. The summed E-state index contributed by atoms with van der Waals surface area (Å²) in [6.45, 7) is 6.31. The molecule has 1 aliphatic rings. The van der Waals surface area contributed by atoms with Crippen molar-refractivity contribution in [3.63, 3.8) is 0 Å². The lowest BCUT2D eigenvalue weighted by Gasteiger charge is -2.11. The summed E-state index contributed by atoms with van der Waals surface area (Å²) in [5.41, 5.74) is 1.69. The molecule has 0 bridgehead atoms. The molecule has 0 aromatic heterocycles. The molecule has 1 heterocycles. The molecule has 2 rings (SSSR count). The molecule has 0 saturated carbocycles. The fraction of sp³-hybridized carbons (Fsp3) is 0.500. The first-order chi connectivity index (χ1) is 9.45. The van der Waals surface area contributed by atoms with E-state index >= 15 is 0 Å². The van der Waals surface area contributed by atoms with Gasteiger partial charge in [-0.15, -0.1) is 0 Å². The summed E-state index contributed by atoms with van der Waals surface area (Å²) in [5.74, 6) is 1.65. The monoisotopic (exact) mass is 293 g/mol. The largest absolute Gasteiger partial charge is 0.361 e. The van der Waals surface area contributed by atoms with Crippen molar-refractivity contribution in [3.8, 4) is 0 Å². The summed E-state index contributed by atoms with van der Waals surface area (Å²) in [5, 5.41) is 15.1. The summed E-state index contributed by atoms with van der Waals surface area (Å²) in [6.07, 6.45) is 1.11. The van der Waals surface area contributed by atoms with Crippen molar-refractivity contribution in [2.75, 3.05) is 5.75 Å². The molecule has 20 heavy (non-hydrogen) atoms. The van der Waals surface area contributed by atoms with E-state index in [0.717, 1.165) is 22.9 Å². The summed E-state index contributed by atoms with van der Waals surface area (Å²) in [4.78, 5) is 14.9. The van der Waals surface area contributed by atoms with Crippen molar-refractivity contribution >= 4 is 28.3 Å². The fourth-order valence-corrected chi connectivity index (χ4v) is 3.13. The quantitative estimate of drug-likeness (QED) is 0.679. The number of nitro groups is 1. The summed E-state index contributed by atoms with van der Waals surface area (Å²) in [6, 6.07) is 5.22. The number of amidine groups is 1. The molecule has 0 spiro atoms. The van der Waals surface area contributed by atoms with E-state index in [9.17, 15) is 10.1 Å². The average molecular weight is 293 g/mol. The Hall–Kier alpha value is -1.56. The molecule has 108 valence electrons. The van der Waals surface area contributed by atoms with E-state index < -0.39 is 0 Å². The van der Waals surface area contributed by atoms with Crippen LogP contribution in [0.4, 0.5) is 11.4 Å². The maximum absolute atomic E-state index is 10.8. The van der Waals surface area contributed by atoms with Crippen LogP contribution in [-0.2, 0) is 0 Å². The van der Waals surface area contributed by atoms with Gasteiger partial charge in [0.15, 0.2) is 5.17 Å². The Balaban J connectivity index is 2.15. The zero-order valence-corrected chi connectivity index (χ0v) is 12.7. The van der Waals surface area contributed by atoms with Gasteiger partial charge in [0.2, 0.25) is 0 Å². The van der Waals surface area contributed by atoms with Crippen LogP contribution in [0, 0.1) is 23.0 Å². The lowest BCUT2D eigenvalue weighted by Crippen LogP contribution is -2.28. The molecular weight excluding hydrogens is 274 g/mol. The average Bonchev–Trinajstić information content (AvgIpc) is 2.78. The fourth-order valence-electron chi connectivity index (χ4n) is 2.14. The zero-order valence-electron chi connectivity index (χ0n) is 11.9. The molecule has 0 amide bonds. The highest BCUT2D eigenvalue weighted by atomic mass is 32.2. The number of non-ortho nitro benzene ring substituents is 1. The number of thioether (sulfide) groups is 1. The van der Waals surface area contributed by atoms with Crippen molar-refractivity contribution in [2.45, 2.75) is 33.2 Å². The molecule has 0 unspecified atom stereocenters. The highest BCUT2D eigenvalue weighted by molar-refractivity contribution is 8.14. The van der Waals surface area contributed by atoms with Crippen LogP contribution >= 0.6 is 11.8 Å². The number of hydrogen-bond acceptors (Lipinski definition) is 4. The maximum Gasteiger partial charge on any atom is 0.271 e. The van der Waals surface area contributed by atoms with Crippen molar-refractivity contribution in [1.29, 1.82) is 0 Å². The van der Waals surface area contributed by atoms with Gasteiger partial charge < -0.3 is 5.32 Å². The molecule has 1 aromatic carbocycles. The second kappa shape index (κ2) is 6.26. The number of aliphatic imine (C=N–C) groups is 1. The third kappa shape index (κ3) is 3.72. The number of hydrogen-bond donors (Lipinski definition) is 1. The molecule has 1 atom stereocenters. The van der Waals surface area contributed by atoms with Crippen LogP contribution in [0.1, 0.15) is 25.8 Å². The minimum atomic E-state index is -0.389. The first-order valence-corrected chi connectivity index (χ1v) is 7.67. The maximum atomic E-state index is 10.8. The number of benzene rings is 1. The molecule has 6 heteroatoms. The van der Waals surface area contributed by atoms with Crippen LogP contribution in [-0.4, -0.2) is 21.9 Å². The Bertz CT molecular complexity index is 543. The molecule has 1 N–H and O–H groups in total. The topological polar surface area (TPSA) is 67.5 Å². The van der Waals surface area contributed by atoms with E-state index in [-0.39, 0.29) is 10.6 Å². The zero-order chi connectivity index (χ0) is 14.7. The third-order valence-corrected chi connectivity index (χ3v) is 4.18. The van der Waals surface area contributed by atoms with Gasteiger partial charge >= 0.3 is 0 Å². The Labute approximate surface area is 123 Å². The van der Waals surface area contributed by atoms with Gasteiger partial charge in [-0.3, -0.25) is 10.1 Å². The lowest BCUT2D eigenvalue weighted by atomic mass is 10.1. The van der Waals surface area contributed by atoms with E-state index in [0.29, 0.717) is 17.6 Å². The van der Waals surface area contributed by atoms with Crippen LogP contribution < -0.4 is 5.32 Å². The predicted molar refractivity (Wildman–Crippen MR) is 83.8 cm³/mol. The second-order valence-electron chi connectivity index (χ2n) is 5.43. The van der Waals surface area contributed by atoms with Gasteiger partial charge in [0.25, 0.3) is 5.69 Å². The van der Waals surface area contributed by atoms with Gasteiger partial charge in [0.1, 0.15) is 0 Å². The Morgan fingerprint density at radius 1 is 1.55 bits per heavy atom. The number of nitro benzene ring substituents is 1. The minimum absolute atomic E-state index is 0.0803. The SMILES string of the molecule is Cc1ccc([N+](=O)[O-])cc1/N=C1\N[C@@H](CC(C)C)CS1. The number of rotatable bonds is 4. The molecule has 1 fully saturated rings. The number of nitrogens with zero attached hydrogens (tertiary/aromatic N) is 2. The molecular formula is C14H19N3O2S. The van der Waals surface area contributed by atoms with Crippen molar-refractivity contribution in [2.24, 2.45) is 10.9 Å². The molecule has 0 radical (unpaired) electrons. The number of nitrogens with one attached hydrogen (secondary N) is 1. The van der Waals surface area contributed by atoms with Crippen LogP contribution in [0.5, 0.6) is 0 Å². The van der Waals surface area contributed by atoms with E-state index in [1.54, 1.807) is 17.8 Å². The first kappa shape index (κ1) is 14.8. The van der Waals surface area contributed by atoms with Crippen LogP contribution in [0.3, 0.4) is 0 Å². The van der Waals surface area contributed by atoms with E-state index in [2.05, 4.69) is 24.2 Å². The smallest absolute Gasteiger partial charge is 0.271 e. The lowest BCUT2D eigenvalue weighted by molar-refractivity contribution is -0.384. The van der Waals surface area contributed by atoms with Gasteiger partial charge in [0, 0.05) is 23.9 Å². The number of aryl methyl sites for hydroxylation is 1. The second-order valence-corrected chi connectivity index (χ2v) is 6.44. The van der Waals surface area contributed by atoms with Gasteiger partial charge in [-0.05, 0) is 24.8 Å². The van der Waals surface area contributed by atoms with Gasteiger partial charge in [0.05, 0.1) is 10.6 Å². The Morgan fingerprint density at radius 3 is 2.95 bits per heavy atom. The molecule has 1 aromatic rings. The first-order valence-electron chi connectivity index (χ1n) is 6.68. The Kier molecular flexibility index (Phi) is 4.65. The summed E-state index contributed by atoms with van der Waals surface area (Å²) in [7, 11) is 0. The van der Waals surface area contributed by atoms with Gasteiger partial charge in [-0.25, -0.2) is 4.99 Å². The molecule has 1 saturated heterocycles. The summed E-state index contributed by atoms with van der Waals surface area (Å²) < 4.78 is 0. The van der Waals surface area contributed by atoms with Crippen LogP contribution in [0.25, 0.3) is 0 Å². The highest BCUT2D eigenvalue weighted by Gasteiger charge is 2.21. The van der Waals surface area contributed by atoms with E-state index in [4.69, 9.17) is 0 Å². The van der Waals surface area contributed by atoms with E-state index in [1.165, 1.54) is 12.1 Å². The highest BCUT2D eigenvalue weighted by Crippen LogP contribution is 2.27. The molecule has 0 aliphatic carbocycles. The predicted octanol–water partition coefficient (Wildman–Crippen LogP) is 3.64.